The number of rotatable bonds is 5. The van der Waals surface area contributed by atoms with Crippen molar-refractivity contribution in [3.05, 3.63) is 77.6 Å². The first-order valence-electron chi connectivity index (χ1n) is 8.59. The zero-order valence-electron chi connectivity index (χ0n) is 15.2. The molecule has 1 heterocycles. The van der Waals surface area contributed by atoms with E-state index in [2.05, 4.69) is 34.4 Å². The number of amides is 1. The van der Waals surface area contributed by atoms with Gasteiger partial charge < -0.3 is 10.6 Å². The van der Waals surface area contributed by atoms with Crippen molar-refractivity contribution in [3.8, 4) is 0 Å². The summed E-state index contributed by atoms with van der Waals surface area (Å²) >= 11 is 0. The Morgan fingerprint density at radius 1 is 0.962 bits per heavy atom. The molecule has 0 aliphatic rings. The van der Waals surface area contributed by atoms with E-state index < -0.39 is 0 Å². The summed E-state index contributed by atoms with van der Waals surface area (Å²) in [5.41, 5.74) is 4.44. The summed E-state index contributed by atoms with van der Waals surface area (Å²) in [6.45, 7) is 6.28. The van der Waals surface area contributed by atoms with Crippen LogP contribution in [0.3, 0.4) is 0 Å². The van der Waals surface area contributed by atoms with Crippen LogP contribution in [0.5, 0.6) is 0 Å². The van der Waals surface area contributed by atoms with Gasteiger partial charge in [-0.2, -0.15) is 0 Å². The van der Waals surface area contributed by atoms with Crippen molar-refractivity contribution in [3.63, 3.8) is 0 Å². The highest BCUT2D eigenvalue weighted by Gasteiger charge is 2.09. The number of para-hydroxylation sites is 1. The third-order valence-electron chi connectivity index (χ3n) is 4.14. The van der Waals surface area contributed by atoms with E-state index in [4.69, 9.17) is 0 Å². The molecule has 3 rings (SSSR count). The molecule has 2 N–H and O–H groups in total. The summed E-state index contributed by atoms with van der Waals surface area (Å²) in [5.74, 6) is 0.684. The number of nitrogens with one attached hydrogen (secondary N) is 2. The van der Waals surface area contributed by atoms with Crippen molar-refractivity contribution in [2.45, 2.75) is 26.7 Å². The predicted molar refractivity (Wildman–Crippen MR) is 105 cm³/mol. The predicted octanol–water partition coefficient (Wildman–Crippen LogP) is 4.90. The lowest BCUT2D eigenvalue weighted by atomic mass is 10.0. The molecule has 0 unspecified atom stereocenters. The minimum Gasteiger partial charge on any atom is -0.324 e. The van der Waals surface area contributed by atoms with Crippen molar-refractivity contribution in [1.82, 2.24) is 9.97 Å². The van der Waals surface area contributed by atoms with Gasteiger partial charge in [-0.05, 0) is 42.2 Å². The molecule has 0 aliphatic heterocycles. The van der Waals surface area contributed by atoms with E-state index in [1.165, 1.54) is 18.0 Å². The first-order valence-corrected chi connectivity index (χ1v) is 8.59. The molecule has 0 aliphatic carbocycles. The molecule has 0 saturated carbocycles. The number of benzene rings is 2. The third kappa shape index (κ3) is 4.25. The van der Waals surface area contributed by atoms with Crippen LogP contribution in [0.15, 0.2) is 60.9 Å². The van der Waals surface area contributed by atoms with Crippen LogP contribution < -0.4 is 10.6 Å². The van der Waals surface area contributed by atoms with E-state index in [0.29, 0.717) is 17.4 Å². The van der Waals surface area contributed by atoms with Gasteiger partial charge in [0.25, 0.3) is 5.91 Å². The summed E-state index contributed by atoms with van der Waals surface area (Å²) in [6, 6.07) is 15.7. The first kappa shape index (κ1) is 17.6. The molecule has 0 bridgehead atoms. The monoisotopic (exact) mass is 346 g/mol. The molecule has 5 nitrogen and oxygen atoms in total. The van der Waals surface area contributed by atoms with Crippen LogP contribution in [0, 0.1) is 6.92 Å². The van der Waals surface area contributed by atoms with Crippen molar-refractivity contribution in [1.29, 1.82) is 0 Å². The average Bonchev–Trinajstić information content (AvgIpc) is 2.64. The third-order valence-corrected chi connectivity index (χ3v) is 4.14. The largest absolute Gasteiger partial charge is 0.324 e. The molecule has 26 heavy (non-hydrogen) atoms. The van der Waals surface area contributed by atoms with E-state index in [1.807, 2.05) is 55.5 Å². The number of carbonyl (C=O) groups excluding carboxylic acids is 1. The Balaban J connectivity index is 1.66. The zero-order chi connectivity index (χ0) is 18.5. The zero-order valence-corrected chi connectivity index (χ0v) is 15.2. The van der Waals surface area contributed by atoms with E-state index in [0.717, 1.165) is 16.9 Å². The second kappa shape index (κ2) is 7.78. The van der Waals surface area contributed by atoms with E-state index in [9.17, 15) is 4.79 Å². The van der Waals surface area contributed by atoms with Gasteiger partial charge in [-0.3, -0.25) is 4.79 Å². The Labute approximate surface area is 153 Å². The minimum absolute atomic E-state index is 0.232. The maximum atomic E-state index is 12.3. The minimum atomic E-state index is -0.232. The van der Waals surface area contributed by atoms with Gasteiger partial charge in [-0.15, -0.1) is 0 Å². The SMILES string of the molecule is Cc1ccccc1Nc1ncc(C(=O)Nc2ccc(C(C)C)cc2)cn1. The van der Waals surface area contributed by atoms with Gasteiger partial charge in [0.05, 0.1) is 5.56 Å². The smallest absolute Gasteiger partial charge is 0.258 e. The maximum absolute atomic E-state index is 12.3. The topological polar surface area (TPSA) is 66.9 Å². The van der Waals surface area contributed by atoms with Gasteiger partial charge in [-0.25, -0.2) is 9.97 Å². The number of anilines is 3. The molecule has 0 fully saturated rings. The maximum Gasteiger partial charge on any atom is 0.258 e. The van der Waals surface area contributed by atoms with Crippen LogP contribution in [-0.2, 0) is 0 Å². The molecule has 0 atom stereocenters. The molecular formula is C21H22N4O. The fourth-order valence-corrected chi connectivity index (χ4v) is 2.50. The summed E-state index contributed by atoms with van der Waals surface area (Å²) in [6.07, 6.45) is 3.04. The average molecular weight is 346 g/mol. The molecule has 5 heteroatoms. The van der Waals surface area contributed by atoms with Crippen molar-refractivity contribution in [2.24, 2.45) is 0 Å². The Morgan fingerprint density at radius 2 is 1.62 bits per heavy atom. The number of hydrogen-bond acceptors (Lipinski definition) is 4. The number of aryl methyl sites for hydroxylation is 1. The fraction of sp³-hybridized carbons (Fsp3) is 0.190. The van der Waals surface area contributed by atoms with Crippen LogP contribution in [0.4, 0.5) is 17.3 Å². The normalized spacial score (nSPS) is 10.6. The highest BCUT2D eigenvalue weighted by atomic mass is 16.1. The molecule has 0 radical (unpaired) electrons. The lowest BCUT2D eigenvalue weighted by Crippen LogP contribution is -2.13. The van der Waals surface area contributed by atoms with Gasteiger partial charge in [-0.1, -0.05) is 44.2 Å². The lowest BCUT2D eigenvalue weighted by Gasteiger charge is -2.09. The van der Waals surface area contributed by atoms with Gasteiger partial charge in [0.1, 0.15) is 0 Å². The standard InChI is InChI=1S/C21H22N4O/c1-14(2)16-8-10-18(11-9-16)24-20(26)17-12-22-21(23-13-17)25-19-7-5-4-6-15(19)3/h4-14H,1-3H3,(H,24,26)(H,22,23,25). The Kier molecular flexibility index (Phi) is 5.27. The van der Waals surface area contributed by atoms with Gasteiger partial charge >= 0.3 is 0 Å². The van der Waals surface area contributed by atoms with Crippen LogP contribution in [0.1, 0.15) is 41.3 Å². The van der Waals surface area contributed by atoms with Crippen LogP contribution in [0.25, 0.3) is 0 Å². The number of carbonyl (C=O) groups is 1. The molecule has 132 valence electrons. The first-order chi connectivity index (χ1) is 12.5. The number of nitrogens with zero attached hydrogens (tertiary/aromatic N) is 2. The Morgan fingerprint density at radius 3 is 2.23 bits per heavy atom. The van der Waals surface area contributed by atoms with Crippen LogP contribution in [-0.4, -0.2) is 15.9 Å². The van der Waals surface area contributed by atoms with Gasteiger partial charge in [0.15, 0.2) is 0 Å². The molecule has 1 amide bonds. The lowest BCUT2D eigenvalue weighted by molar-refractivity contribution is 0.102. The van der Waals surface area contributed by atoms with E-state index >= 15 is 0 Å². The Bertz CT molecular complexity index is 887. The highest BCUT2D eigenvalue weighted by Crippen LogP contribution is 2.19. The molecule has 0 spiro atoms. The Hall–Kier alpha value is -3.21. The van der Waals surface area contributed by atoms with Crippen LogP contribution in [0.2, 0.25) is 0 Å². The molecule has 1 aromatic heterocycles. The summed E-state index contributed by atoms with van der Waals surface area (Å²) in [7, 11) is 0. The van der Waals surface area contributed by atoms with Crippen molar-refractivity contribution >= 4 is 23.2 Å². The molecule has 3 aromatic rings. The van der Waals surface area contributed by atoms with Crippen LogP contribution >= 0.6 is 0 Å². The van der Waals surface area contributed by atoms with Crippen molar-refractivity contribution < 1.29 is 4.79 Å². The second-order valence-corrected chi connectivity index (χ2v) is 6.47. The summed E-state index contributed by atoms with van der Waals surface area (Å²) < 4.78 is 0. The van der Waals surface area contributed by atoms with E-state index in [1.54, 1.807) is 0 Å². The highest BCUT2D eigenvalue weighted by molar-refractivity contribution is 6.03. The fourth-order valence-electron chi connectivity index (χ4n) is 2.50. The summed E-state index contributed by atoms with van der Waals surface area (Å²) in [4.78, 5) is 20.8. The quantitative estimate of drug-likeness (QED) is 0.689. The van der Waals surface area contributed by atoms with Gasteiger partial charge in [0, 0.05) is 23.8 Å². The number of hydrogen-bond donors (Lipinski definition) is 2. The van der Waals surface area contributed by atoms with E-state index in [-0.39, 0.29) is 5.91 Å². The molecule has 2 aromatic carbocycles. The summed E-state index contributed by atoms with van der Waals surface area (Å²) in [5, 5.41) is 6.01. The van der Waals surface area contributed by atoms with Gasteiger partial charge in [0.2, 0.25) is 5.95 Å². The molecular weight excluding hydrogens is 324 g/mol. The second-order valence-electron chi connectivity index (χ2n) is 6.47. The van der Waals surface area contributed by atoms with Crippen molar-refractivity contribution in [2.75, 3.05) is 10.6 Å². The number of aromatic nitrogens is 2. The molecule has 0 saturated heterocycles.